The van der Waals surface area contributed by atoms with Crippen LogP contribution >= 0.6 is 0 Å². The van der Waals surface area contributed by atoms with Crippen molar-refractivity contribution in [3.63, 3.8) is 0 Å². The molecule has 0 spiro atoms. The maximum absolute atomic E-state index is 5.13. The molecule has 24 rings (SSSR count). The fourth-order valence-corrected chi connectivity index (χ4v) is 18.8. The lowest BCUT2D eigenvalue weighted by molar-refractivity contribution is 1.16. The number of anilines is 3. The van der Waals surface area contributed by atoms with Crippen molar-refractivity contribution in [3.8, 4) is 124 Å². The monoisotopic (exact) mass is 1590 g/mol. The minimum absolute atomic E-state index is 0.697. The first-order valence-electron chi connectivity index (χ1n) is 42.5. The van der Waals surface area contributed by atoms with E-state index in [1.807, 2.05) is 48.5 Å². The molecule has 0 radical (unpaired) electrons. The number of hydrogen-bond acceptors (Lipinski definition) is 5. The molecule has 0 aliphatic heterocycles. The van der Waals surface area contributed by atoms with Crippen LogP contribution in [0.5, 0.6) is 0 Å². The average molecular weight is 1590 g/mol. The number of hydrogen-bond donors (Lipinski definition) is 0. The van der Waals surface area contributed by atoms with Crippen LogP contribution in [0.25, 0.3) is 211 Å². The van der Waals surface area contributed by atoms with Crippen LogP contribution in [0.2, 0.25) is 0 Å². The van der Waals surface area contributed by atoms with E-state index < -0.39 is 0 Å². The lowest BCUT2D eigenvalue weighted by atomic mass is 10.0. The molecule has 0 aliphatic rings. The lowest BCUT2D eigenvalue weighted by Gasteiger charge is -2.25. The molecule has 0 bridgehead atoms. The lowest BCUT2D eigenvalue weighted by Crippen LogP contribution is -2.09. The van der Waals surface area contributed by atoms with E-state index in [4.69, 9.17) is 19.9 Å². The van der Waals surface area contributed by atoms with E-state index >= 15 is 0 Å². The van der Waals surface area contributed by atoms with Crippen molar-refractivity contribution < 1.29 is 0 Å². The van der Waals surface area contributed by atoms with Crippen molar-refractivity contribution in [2.45, 2.75) is 0 Å². The van der Waals surface area contributed by atoms with Crippen LogP contribution in [0.4, 0.5) is 17.1 Å². The van der Waals surface area contributed by atoms with Gasteiger partial charge in [-0.05, 0) is 185 Å². The highest BCUT2D eigenvalue weighted by atomic mass is 15.1. The summed E-state index contributed by atoms with van der Waals surface area (Å²) < 4.78 is 9.78. The van der Waals surface area contributed by atoms with Crippen LogP contribution in [-0.4, -0.2) is 38.2 Å². The van der Waals surface area contributed by atoms with Gasteiger partial charge in [0.25, 0.3) is 0 Å². The van der Waals surface area contributed by atoms with Crippen molar-refractivity contribution in [2.75, 3.05) is 4.90 Å². The van der Waals surface area contributed by atoms with Gasteiger partial charge in [-0.3, -0.25) is 0 Å². The first-order chi connectivity index (χ1) is 61.9. The third-order valence-corrected chi connectivity index (χ3v) is 24.8. The summed E-state index contributed by atoms with van der Waals surface area (Å²) in [6, 6.07) is 164. The van der Waals surface area contributed by atoms with E-state index in [1.54, 1.807) is 0 Å². The fourth-order valence-electron chi connectivity index (χ4n) is 18.8. The summed E-state index contributed by atoms with van der Waals surface area (Å²) in [6.45, 7) is 0. The summed E-state index contributed by atoms with van der Waals surface area (Å²) in [6.07, 6.45) is 0. The van der Waals surface area contributed by atoms with E-state index in [0.717, 1.165) is 184 Å². The Bertz CT molecular complexity index is 8110. The second-order valence-electron chi connectivity index (χ2n) is 32.1. The molecule has 0 unspecified atom stereocenters. The van der Waals surface area contributed by atoms with Crippen molar-refractivity contribution in [1.82, 2.24) is 38.2 Å². The zero-order valence-electron chi connectivity index (χ0n) is 67.8. The Morgan fingerprint density at radius 3 is 0.840 bits per heavy atom. The van der Waals surface area contributed by atoms with E-state index in [9.17, 15) is 0 Å². The Kier molecular flexibility index (Phi) is 17.4. The summed E-state index contributed by atoms with van der Waals surface area (Å²) in [5.74, 6) is 1.40. The Labute approximate surface area is 721 Å². The predicted octanol–water partition coefficient (Wildman–Crippen LogP) is 30.1. The standard InChI is InChI=1S/C116H75N9/c1-7-25-80(26-8-1)103-74-105(119-115(117-103)84-29-11-3-12-30-84)82-47-43-76(44-48-82)78-51-57-90(58-52-78)122-108-41-23-21-39-97(108)100-72-94(63-67-111(100)122)125-107-40-22-19-37-95(107)98-64-55-87(70-114(98)125)86-56-65-110-99(69-86)96-38-20-24-42-109(96)124(110)93-62-68-113-102(73-93)101-71-92(121(88-33-15-5-16-34-88)89-35-17-6-18-36-89)61-66-112(101)123(113)91-59-53-79(54-60-91)77-45-49-83(50-46-77)106-75-104(81-27-9-2-10-28-81)118-116(120-106)85-31-13-4-14-32-85/h1-75H. The number of nitrogens with zero attached hydrogens (tertiary/aromatic N) is 9. The summed E-state index contributed by atoms with van der Waals surface area (Å²) >= 11 is 0. The SMILES string of the molecule is c1ccc(-c2cc(-c3ccc(-c4ccc(-n5c6ccccc6c6cc(-n7c8ccccc8c8ccc(-c9ccc%10c(c9)c9ccccc9n%10-c9ccc%10c(c9)c9cc(N(c%11ccccc%11)c%11ccccc%11)ccc9n%10-c9ccc(-c%10ccc(-c%11cc(-c%12ccccc%12)nc(-c%12ccccc%12)n%11)cc%10)cc9)cc87)ccc65)cc4)cc3)nc(-c3ccccc3)n2)cc1. The van der Waals surface area contributed by atoms with Crippen LogP contribution in [0.15, 0.2) is 455 Å². The van der Waals surface area contributed by atoms with Gasteiger partial charge in [0.1, 0.15) is 0 Å². The first kappa shape index (κ1) is 72.2. The van der Waals surface area contributed by atoms with Gasteiger partial charge >= 0.3 is 0 Å². The molecule has 0 atom stereocenters. The highest BCUT2D eigenvalue weighted by Crippen LogP contribution is 2.46. The van der Waals surface area contributed by atoms with Gasteiger partial charge in [0.15, 0.2) is 11.6 Å². The maximum atomic E-state index is 5.13. The van der Waals surface area contributed by atoms with Gasteiger partial charge in [-0.1, -0.05) is 303 Å². The summed E-state index contributed by atoms with van der Waals surface area (Å²) in [5.41, 5.74) is 33.1. The fraction of sp³-hybridized carbons (Fsp3) is 0. The molecule has 0 fully saturated rings. The van der Waals surface area contributed by atoms with Crippen molar-refractivity contribution in [3.05, 3.63) is 455 Å². The quantitative estimate of drug-likeness (QED) is 0.0964. The van der Waals surface area contributed by atoms with Gasteiger partial charge in [0.05, 0.1) is 66.9 Å². The second kappa shape index (κ2) is 30.1. The largest absolute Gasteiger partial charge is 0.310 e. The molecule has 584 valence electrons. The highest BCUT2D eigenvalue weighted by molar-refractivity contribution is 6.16. The molecule has 0 saturated carbocycles. The van der Waals surface area contributed by atoms with Gasteiger partial charge in [0, 0.05) is 116 Å². The number of benzene rings is 18. The number of rotatable bonds is 16. The number of aromatic nitrogens is 8. The Morgan fingerprint density at radius 2 is 0.408 bits per heavy atom. The molecular weight excluding hydrogens is 1520 g/mol. The average Bonchev–Trinajstić information content (AvgIpc) is 1.59. The van der Waals surface area contributed by atoms with Crippen molar-refractivity contribution in [1.29, 1.82) is 0 Å². The van der Waals surface area contributed by atoms with Crippen molar-refractivity contribution in [2.24, 2.45) is 0 Å². The molecular formula is C116H75N9. The molecule has 6 aromatic heterocycles. The number of fused-ring (bicyclic) bond motifs is 12. The van der Waals surface area contributed by atoms with E-state index in [0.29, 0.717) is 11.6 Å². The highest BCUT2D eigenvalue weighted by Gasteiger charge is 2.24. The van der Waals surface area contributed by atoms with Crippen LogP contribution in [0.3, 0.4) is 0 Å². The topological polar surface area (TPSA) is 74.5 Å². The Hall–Kier alpha value is -16.9. The Morgan fingerprint density at radius 1 is 0.144 bits per heavy atom. The molecule has 0 N–H and O–H groups in total. The first-order valence-corrected chi connectivity index (χ1v) is 42.5. The van der Waals surface area contributed by atoms with E-state index in [1.165, 1.54) is 32.3 Å². The molecule has 18 aromatic carbocycles. The second-order valence-corrected chi connectivity index (χ2v) is 32.1. The van der Waals surface area contributed by atoms with Crippen LogP contribution in [0, 0.1) is 0 Å². The molecule has 9 nitrogen and oxygen atoms in total. The summed E-state index contributed by atoms with van der Waals surface area (Å²) in [7, 11) is 0. The van der Waals surface area contributed by atoms with Gasteiger partial charge in [-0.15, -0.1) is 0 Å². The molecule has 9 heteroatoms. The third kappa shape index (κ3) is 12.7. The van der Waals surface area contributed by atoms with Crippen molar-refractivity contribution >= 4 is 104 Å². The maximum Gasteiger partial charge on any atom is 0.160 e. The molecule has 125 heavy (non-hydrogen) atoms. The summed E-state index contributed by atoms with van der Waals surface area (Å²) in [5, 5.41) is 9.46. The molecule has 24 aromatic rings. The van der Waals surface area contributed by atoms with Gasteiger partial charge < -0.3 is 23.2 Å². The third-order valence-electron chi connectivity index (χ3n) is 24.8. The van der Waals surface area contributed by atoms with Crippen LogP contribution in [0.1, 0.15) is 0 Å². The van der Waals surface area contributed by atoms with E-state index in [-0.39, 0.29) is 0 Å². The van der Waals surface area contributed by atoms with Gasteiger partial charge in [-0.25, -0.2) is 19.9 Å². The predicted molar refractivity (Wildman–Crippen MR) is 519 cm³/mol. The molecule has 0 saturated heterocycles. The van der Waals surface area contributed by atoms with Crippen LogP contribution in [-0.2, 0) is 0 Å². The van der Waals surface area contributed by atoms with E-state index in [2.05, 4.69) is 430 Å². The number of para-hydroxylation sites is 5. The smallest absolute Gasteiger partial charge is 0.160 e. The minimum Gasteiger partial charge on any atom is -0.310 e. The molecule has 0 aliphatic carbocycles. The molecule has 0 amide bonds. The Balaban J connectivity index is 0.571. The minimum atomic E-state index is 0.697. The zero-order chi connectivity index (χ0) is 82.4. The van der Waals surface area contributed by atoms with Crippen LogP contribution < -0.4 is 4.90 Å². The van der Waals surface area contributed by atoms with Gasteiger partial charge in [0.2, 0.25) is 0 Å². The summed E-state index contributed by atoms with van der Waals surface area (Å²) in [4.78, 5) is 22.7. The van der Waals surface area contributed by atoms with Gasteiger partial charge in [-0.2, -0.15) is 0 Å². The molecule has 6 heterocycles. The zero-order valence-corrected chi connectivity index (χ0v) is 67.8. The normalized spacial score (nSPS) is 11.7.